The quantitative estimate of drug-likeness (QED) is 0.816. The monoisotopic (exact) mass is 284 g/mol. The zero-order valence-electron chi connectivity index (χ0n) is 12.0. The van der Waals surface area contributed by atoms with Crippen LogP contribution in [0.5, 0.6) is 0 Å². The highest BCUT2D eigenvalue weighted by atomic mass is 16.5. The fourth-order valence-electron chi connectivity index (χ4n) is 3.12. The minimum Gasteiger partial charge on any atom is -0.481 e. The molecule has 3 atom stereocenters. The molecule has 1 saturated carbocycles. The molecule has 2 N–H and O–H groups in total. The highest BCUT2D eigenvalue weighted by Crippen LogP contribution is 2.26. The predicted molar refractivity (Wildman–Crippen MR) is 73.5 cm³/mol. The number of carboxylic acids is 1. The van der Waals surface area contributed by atoms with Gasteiger partial charge in [-0.3, -0.25) is 4.79 Å². The van der Waals surface area contributed by atoms with Gasteiger partial charge in [-0.05, 0) is 25.7 Å². The second-order valence-corrected chi connectivity index (χ2v) is 5.90. The van der Waals surface area contributed by atoms with Crippen molar-refractivity contribution in [3.63, 3.8) is 0 Å². The molecule has 20 heavy (non-hydrogen) atoms. The summed E-state index contributed by atoms with van der Waals surface area (Å²) in [5, 5.41) is 12.0. The van der Waals surface area contributed by atoms with Crippen molar-refractivity contribution >= 4 is 12.0 Å². The van der Waals surface area contributed by atoms with Crippen LogP contribution in [-0.2, 0) is 9.53 Å². The second kappa shape index (κ2) is 6.92. The Labute approximate surface area is 119 Å². The molecule has 0 radical (unpaired) electrons. The molecule has 6 nitrogen and oxygen atoms in total. The number of urea groups is 1. The van der Waals surface area contributed by atoms with Crippen LogP contribution < -0.4 is 5.32 Å². The number of rotatable bonds is 4. The number of hydrogen-bond donors (Lipinski definition) is 2. The van der Waals surface area contributed by atoms with Crippen molar-refractivity contribution in [2.24, 2.45) is 11.8 Å². The summed E-state index contributed by atoms with van der Waals surface area (Å²) in [4.78, 5) is 24.9. The van der Waals surface area contributed by atoms with Crippen molar-refractivity contribution in [3.05, 3.63) is 0 Å². The lowest BCUT2D eigenvalue weighted by atomic mass is 10.0. The number of nitrogens with zero attached hydrogens (tertiary/aromatic N) is 1. The lowest BCUT2D eigenvalue weighted by molar-refractivity contribution is -0.142. The zero-order chi connectivity index (χ0) is 14.5. The third kappa shape index (κ3) is 3.85. The molecule has 1 heterocycles. The van der Waals surface area contributed by atoms with Gasteiger partial charge in [-0.1, -0.05) is 6.42 Å². The summed E-state index contributed by atoms with van der Waals surface area (Å²) in [7, 11) is 1.76. The van der Waals surface area contributed by atoms with Crippen LogP contribution in [-0.4, -0.2) is 54.9 Å². The standard InChI is InChI=1S/C14H24N2O4/c1-16(8-10-4-3-7-20-9-10)14(19)15-12-6-2-5-11(12)13(17)18/h10-12H,2-9H2,1H3,(H,15,19)(H,17,18). The number of amides is 2. The molecular weight excluding hydrogens is 260 g/mol. The first-order valence-electron chi connectivity index (χ1n) is 7.40. The van der Waals surface area contributed by atoms with Gasteiger partial charge < -0.3 is 20.1 Å². The van der Waals surface area contributed by atoms with E-state index >= 15 is 0 Å². The second-order valence-electron chi connectivity index (χ2n) is 5.90. The van der Waals surface area contributed by atoms with Gasteiger partial charge in [0, 0.05) is 32.2 Å². The van der Waals surface area contributed by atoms with Gasteiger partial charge in [-0.15, -0.1) is 0 Å². The van der Waals surface area contributed by atoms with Crippen molar-refractivity contribution in [3.8, 4) is 0 Å². The Morgan fingerprint density at radius 2 is 2.10 bits per heavy atom. The van der Waals surface area contributed by atoms with E-state index < -0.39 is 11.9 Å². The van der Waals surface area contributed by atoms with Crippen molar-refractivity contribution < 1.29 is 19.4 Å². The molecular formula is C14H24N2O4. The summed E-state index contributed by atoms with van der Waals surface area (Å²) in [6.07, 6.45) is 4.40. The summed E-state index contributed by atoms with van der Waals surface area (Å²) in [5.41, 5.74) is 0. The Hall–Kier alpha value is -1.30. The summed E-state index contributed by atoms with van der Waals surface area (Å²) >= 11 is 0. The first-order chi connectivity index (χ1) is 9.58. The molecule has 3 unspecified atom stereocenters. The maximum absolute atomic E-state index is 12.1. The molecule has 0 bridgehead atoms. The van der Waals surface area contributed by atoms with Crippen LogP contribution in [0.3, 0.4) is 0 Å². The summed E-state index contributed by atoms with van der Waals surface area (Å²) in [6.45, 7) is 2.18. The van der Waals surface area contributed by atoms with E-state index in [1.807, 2.05) is 0 Å². The van der Waals surface area contributed by atoms with Crippen molar-refractivity contribution in [2.45, 2.75) is 38.1 Å². The van der Waals surface area contributed by atoms with Crippen LogP contribution in [0.25, 0.3) is 0 Å². The van der Waals surface area contributed by atoms with Crippen LogP contribution in [0.4, 0.5) is 4.79 Å². The third-order valence-corrected chi connectivity index (χ3v) is 4.28. The number of ether oxygens (including phenoxy) is 1. The van der Waals surface area contributed by atoms with E-state index in [1.165, 1.54) is 0 Å². The predicted octanol–water partition coefficient (Wildman–Crippen LogP) is 1.31. The van der Waals surface area contributed by atoms with Crippen LogP contribution in [0.15, 0.2) is 0 Å². The van der Waals surface area contributed by atoms with E-state index in [1.54, 1.807) is 11.9 Å². The Balaban J connectivity index is 1.79. The molecule has 0 aromatic carbocycles. The third-order valence-electron chi connectivity index (χ3n) is 4.28. The molecule has 0 aromatic rings. The van der Waals surface area contributed by atoms with Gasteiger partial charge in [-0.25, -0.2) is 4.79 Å². The molecule has 2 amide bonds. The van der Waals surface area contributed by atoms with Gasteiger partial charge in [-0.2, -0.15) is 0 Å². The Morgan fingerprint density at radius 1 is 1.30 bits per heavy atom. The summed E-state index contributed by atoms with van der Waals surface area (Å²) in [6, 6.07) is -0.404. The topological polar surface area (TPSA) is 78.9 Å². The molecule has 2 fully saturated rings. The van der Waals surface area contributed by atoms with Gasteiger partial charge in [0.05, 0.1) is 12.5 Å². The van der Waals surface area contributed by atoms with E-state index in [0.717, 1.165) is 32.3 Å². The fraction of sp³-hybridized carbons (Fsp3) is 0.857. The molecule has 1 saturated heterocycles. The van der Waals surface area contributed by atoms with Crippen LogP contribution in [0, 0.1) is 11.8 Å². The maximum Gasteiger partial charge on any atom is 0.317 e. The summed E-state index contributed by atoms with van der Waals surface area (Å²) < 4.78 is 5.41. The minimum absolute atomic E-state index is 0.172. The molecule has 2 rings (SSSR count). The molecule has 1 aliphatic carbocycles. The molecule has 6 heteroatoms. The summed E-state index contributed by atoms with van der Waals surface area (Å²) in [5.74, 6) is -0.861. The Bertz CT molecular complexity index is 355. The highest BCUT2D eigenvalue weighted by Gasteiger charge is 2.34. The van der Waals surface area contributed by atoms with Crippen molar-refractivity contribution in [1.82, 2.24) is 10.2 Å². The number of carboxylic acid groups (broad SMARTS) is 1. The van der Waals surface area contributed by atoms with Gasteiger partial charge >= 0.3 is 12.0 Å². The largest absolute Gasteiger partial charge is 0.481 e. The lowest BCUT2D eigenvalue weighted by Gasteiger charge is -2.28. The Morgan fingerprint density at radius 3 is 2.75 bits per heavy atom. The number of nitrogens with one attached hydrogen (secondary N) is 1. The first kappa shape index (κ1) is 15.1. The van der Waals surface area contributed by atoms with E-state index in [4.69, 9.17) is 9.84 Å². The van der Waals surface area contributed by atoms with Crippen LogP contribution in [0.1, 0.15) is 32.1 Å². The number of carbonyl (C=O) groups excluding carboxylic acids is 1. The van der Waals surface area contributed by atoms with Gasteiger partial charge in [0.25, 0.3) is 0 Å². The first-order valence-corrected chi connectivity index (χ1v) is 7.40. The van der Waals surface area contributed by atoms with Gasteiger partial charge in [0.2, 0.25) is 0 Å². The van der Waals surface area contributed by atoms with Crippen molar-refractivity contribution in [2.75, 3.05) is 26.8 Å². The smallest absolute Gasteiger partial charge is 0.317 e. The van der Waals surface area contributed by atoms with Gasteiger partial charge in [0.1, 0.15) is 0 Å². The molecule has 2 aliphatic rings. The van der Waals surface area contributed by atoms with Gasteiger partial charge in [0.15, 0.2) is 0 Å². The fourth-order valence-corrected chi connectivity index (χ4v) is 3.12. The Kier molecular flexibility index (Phi) is 5.23. The van der Waals surface area contributed by atoms with E-state index in [2.05, 4.69) is 5.32 Å². The zero-order valence-corrected chi connectivity index (χ0v) is 12.0. The highest BCUT2D eigenvalue weighted by molar-refractivity contribution is 5.77. The maximum atomic E-state index is 12.1. The molecule has 1 aliphatic heterocycles. The minimum atomic E-state index is -0.809. The van der Waals surface area contributed by atoms with Crippen molar-refractivity contribution in [1.29, 1.82) is 0 Å². The van der Waals surface area contributed by atoms with E-state index in [0.29, 0.717) is 25.5 Å². The lowest BCUT2D eigenvalue weighted by Crippen LogP contribution is -2.47. The number of carbonyl (C=O) groups is 2. The average Bonchev–Trinajstić information content (AvgIpc) is 2.88. The normalized spacial score (nSPS) is 29.9. The number of hydrogen-bond acceptors (Lipinski definition) is 3. The van der Waals surface area contributed by atoms with E-state index in [-0.39, 0.29) is 12.1 Å². The van der Waals surface area contributed by atoms with E-state index in [9.17, 15) is 9.59 Å². The molecule has 0 aromatic heterocycles. The SMILES string of the molecule is CN(CC1CCCOC1)C(=O)NC1CCCC1C(=O)O. The molecule has 0 spiro atoms. The van der Waals surface area contributed by atoms with Crippen LogP contribution >= 0.6 is 0 Å². The number of aliphatic carboxylic acids is 1. The average molecular weight is 284 g/mol. The van der Waals surface area contributed by atoms with Crippen LogP contribution in [0.2, 0.25) is 0 Å². The molecule has 114 valence electrons.